The predicted octanol–water partition coefficient (Wildman–Crippen LogP) is 6.14. The first kappa shape index (κ1) is 27.4. The van der Waals surface area contributed by atoms with Gasteiger partial charge in [-0.1, -0.05) is 59.6 Å². The van der Waals surface area contributed by atoms with Crippen LogP contribution in [0.4, 0.5) is 5.69 Å². The van der Waals surface area contributed by atoms with Crippen LogP contribution < -0.4 is 9.64 Å². The lowest BCUT2D eigenvalue weighted by atomic mass is 9.85. The first-order valence-corrected chi connectivity index (χ1v) is 14.2. The van der Waals surface area contributed by atoms with Crippen LogP contribution in [0.1, 0.15) is 20.7 Å². The smallest absolute Gasteiger partial charge is 0.240 e. The third-order valence-corrected chi connectivity index (χ3v) is 8.86. The van der Waals surface area contributed by atoms with Gasteiger partial charge in [0.05, 0.1) is 40.2 Å². The standard InChI is InChI=1S/C31H21BrCl2N2O5/c1-41-24-10-7-17(13-20(24)32)29(38)27-26-25(30(39)36(31(26)40)22-9-8-19(33)15-21(22)34)23-14-18(11-12-35(23)27)28(37)16-5-3-2-4-6-16/h2-15,23,25-27H,1H3. The van der Waals surface area contributed by atoms with E-state index in [1.54, 1.807) is 71.8 Å². The van der Waals surface area contributed by atoms with Crippen LogP contribution in [-0.2, 0) is 9.59 Å². The number of rotatable bonds is 6. The number of anilines is 1. The summed E-state index contributed by atoms with van der Waals surface area (Å²) >= 11 is 15.9. The molecule has 0 saturated carbocycles. The van der Waals surface area contributed by atoms with Gasteiger partial charge in [-0.3, -0.25) is 19.2 Å². The van der Waals surface area contributed by atoms with E-state index < -0.39 is 35.7 Å². The number of halogens is 3. The molecule has 3 aromatic rings. The molecule has 0 aromatic heterocycles. The zero-order valence-electron chi connectivity index (χ0n) is 21.5. The van der Waals surface area contributed by atoms with Crippen LogP contribution in [0, 0.1) is 11.8 Å². The van der Waals surface area contributed by atoms with Crippen molar-refractivity contribution in [3.05, 3.63) is 116 Å². The molecule has 4 atom stereocenters. The van der Waals surface area contributed by atoms with Gasteiger partial charge in [0.2, 0.25) is 11.8 Å². The minimum absolute atomic E-state index is 0.136. The van der Waals surface area contributed by atoms with E-state index in [1.807, 2.05) is 6.07 Å². The van der Waals surface area contributed by atoms with Gasteiger partial charge in [-0.05, 0) is 58.4 Å². The summed E-state index contributed by atoms with van der Waals surface area (Å²) in [5, 5.41) is 0.490. The summed E-state index contributed by atoms with van der Waals surface area (Å²) in [6.45, 7) is 0. The second-order valence-corrected chi connectivity index (χ2v) is 11.6. The van der Waals surface area contributed by atoms with Crippen molar-refractivity contribution in [2.24, 2.45) is 11.8 Å². The summed E-state index contributed by atoms with van der Waals surface area (Å²) < 4.78 is 5.87. The third-order valence-electron chi connectivity index (χ3n) is 7.70. The highest BCUT2D eigenvalue weighted by Gasteiger charge is 2.63. The average molecular weight is 652 g/mol. The summed E-state index contributed by atoms with van der Waals surface area (Å²) in [7, 11) is 1.52. The highest BCUT2D eigenvalue weighted by molar-refractivity contribution is 9.10. The molecule has 10 heteroatoms. The normalized spacial score (nSPS) is 22.9. The molecular weight excluding hydrogens is 631 g/mol. The molecular formula is C31H21BrCl2N2O5. The Morgan fingerprint density at radius 1 is 0.902 bits per heavy atom. The zero-order chi connectivity index (χ0) is 29.0. The topological polar surface area (TPSA) is 84.0 Å². The maximum Gasteiger partial charge on any atom is 0.240 e. The molecule has 0 spiro atoms. The lowest BCUT2D eigenvalue weighted by Gasteiger charge is -2.33. The maximum atomic E-state index is 14.1. The van der Waals surface area contributed by atoms with Crippen LogP contribution in [0.2, 0.25) is 10.0 Å². The number of imide groups is 1. The molecule has 0 radical (unpaired) electrons. The molecule has 2 fully saturated rings. The van der Waals surface area contributed by atoms with Crippen molar-refractivity contribution >= 4 is 68.2 Å². The molecule has 0 N–H and O–H groups in total. The fraction of sp³-hybridized carbons (Fsp3) is 0.161. The molecule has 41 heavy (non-hydrogen) atoms. The first-order valence-electron chi connectivity index (χ1n) is 12.7. The number of methoxy groups -OCH3 is 1. The first-order chi connectivity index (χ1) is 19.7. The van der Waals surface area contributed by atoms with E-state index in [4.69, 9.17) is 27.9 Å². The van der Waals surface area contributed by atoms with E-state index >= 15 is 0 Å². The van der Waals surface area contributed by atoms with Crippen molar-refractivity contribution in [1.29, 1.82) is 0 Å². The number of allylic oxidation sites excluding steroid dienone is 2. The zero-order valence-corrected chi connectivity index (χ0v) is 24.6. The fourth-order valence-electron chi connectivity index (χ4n) is 5.84. The molecule has 2 amide bonds. The second kappa shape index (κ2) is 10.6. The fourth-order valence-corrected chi connectivity index (χ4v) is 6.88. The minimum Gasteiger partial charge on any atom is -0.496 e. The number of carbonyl (C=O) groups excluding carboxylic acids is 4. The molecule has 4 unspecified atom stereocenters. The molecule has 0 aliphatic carbocycles. The van der Waals surface area contributed by atoms with E-state index in [-0.39, 0.29) is 22.3 Å². The van der Waals surface area contributed by atoms with Crippen LogP contribution in [-0.4, -0.2) is 47.5 Å². The van der Waals surface area contributed by atoms with Crippen LogP contribution in [0.25, 0.3) is 0 Å². The molecule has 3 aromatic carbocycles. The average Bonchev–Trinajstić information content (AvgIpc) is 3.44. The van der Waals surface area contributed by atoms with Crippen LogP contribution in [0.15, 0.2) is 95.1 Å². The Morgan fingerprint density at radius 2 is 1.63 bits per heavy atom. The van der Waals surface area contributed by atoms with E-state index in [2.05, 4.69) is 15.9 Å². The Hall–Kier alpha value is -3.72. The Bertz CT molecular complexity index is 1690. The van der Waals surface area contributed by atoms with Gasteiger partial charge < -0.3 is 9.64 Å². The van der Waals surface area contributed by atoms with Crippen molar-refractivity contribution in [3.8, 4) is 5.75 Å². The summed E-state index contributed by atoms with van der Waals surface area (Å²) in [5.74, 6) is -2.99. The number of nitrogens with zero attached hydrogens (tertiary/aromatic N) is 2. The number of amides is 2. The number of hydrogen-bond donors (Lipinski definition) is 0. The maximum absolute atomic E-state index is 14.1. The minimum atomic E-state index is -1.01. The molecule has 3 aliphatic rings. The van der Waals surface area contributed by atoms with Crippen LogP contribution in [0.3, 0.4) is 0 Å². The van der Waals surface area contributed by atoms with Crippen molar-refractivity contribution in [2.45, 2.75) is 12.1 Å². The number of ketones is 2. The van der Waals surface area contributed by atoms with Gasteiger partial charge in [-0.2, -0.15) is 0 Å². The Morgan fingerprint density at radius 3 is 2.32 bits per heavy atom. The van der Waals surface area contributed by atoms with E-state index in [0.717, 1.165) is 4.90 Å². The summed E-state index contributed by atoms with van der Waals surface area (Å²) in [6.07, 6.45) is 4.95. The number of benzene rings is 3. The molecule has 7 nitrogen and oxygen atoms in total. The predicted molar refractivity (Wildman–Crippen MR) is 158 cm³/mol. The Labute approximate surface area is 254 Å². The third kappa shape index (κ3) is 4.51. The largest absolute Gasteiger partial charge is 0.496 e. The Kier molecular flexibility index (Phi) is 7.09. The highest BCUT2D eigenvalue weighted by Crippen LogP contribution is 2.48. The van der Waals surface area contributed by atoms with Crippen molar-refractivity contribution in [2.75, 3.05) is 12.0 Å². The summed E-state index contributed by atoms with van der Waals surface area (Å²) in [6, 6.07) is 16.5. The number of carbonyl (C=O) groups is 4. The lowest BCUT2D eigenvalue weighted by Crippen LogP contribution is -2.46. The number of Topliss-reactive ketones (excluding diaryl/α,β-unsaturated/α-hetero) is 2. The molecule has 3 aliphatic heterocycles. The number of fused-ring (bicyclic) bond motifs is 3. The van der Waals surface area contributed by atoms with Gasteiger partial charge in [0.25, 0.3) is 0 Å². The quantitative estimate of drug-likeness (QED) is 0.235. The lowest BCUT2D eigenvalue weighted by molar-refractivity contribution is -0.123. The SMILES string of the molecule is COc1ccc(C(=O)C2C3C(=O)N(c4ccc(Cl)cc4Cl)C(=O)C3C3C=C(C(=O)c4ccccc4)C=CN32)cc1Br. The number of hydrogen-bond acceptors (Lipinski definition) is 6. The van der Waals surface area contributed by atoms with Crippen LogP contribution in [0.5, 0.6) is 5.75 Å². The van der Waals surface area contributed by atoms with Gasteiger partial charge >= 0.3 is 0 Å². The molecule has 2 saturated heterocycles. The van der Waals surface area contributed by atoms with Crippen molar-refractivity contribution in [1.82, 2.24) is 4.90 Å². The van der Waals surface area contributed by atoms with Gasteiger partial charge in [-0.25, -0.2) is 4.90 Å². The second-order valence-electron chi connectivity index (χ2n) is 9.89. The molecule has 6 rings (SSSR count). The number of ether oxygens (including phenoxy) is 1. The molecule has 0 bridgehead atoms. The van der Waals surface area contributed by atoms with Gasteiger partial charge in [0.15, 0.2) is 11.6 Å². The Balaban J connectivity index is 1.45. The summed E-state index contributed by atoms with van der Waals surface area (Å²) in [4.78, 5) is 58.2. The van der Waals surface area contributed by atoms with E-state index in [1.165, 1.54) is 19.2 Å². The van der Waals surface area contributed by atoms with Gasteiger partial charge in [-0.15, -0.1) is 0 Å². The monoisotopic (exact) mass is 650 g/mol. The van der Waals surface area contributed by atoms with E-state index in [9.17, 15) is 19.2 Å². The van der Waals surface area contributed by atoms with Crippen molar-refractivity contribution < 1.29 is 23.9 Å². The van der Waals surface area contributed by atoms with Crippen molar-refractivity contribution in [3.63, 3.8) is 0 Å². The van der Waals surface area contributed by atoms with E-state index in [0.29, 0.717) is 31.9 Å². The molecule has 3 heterocycles. The summed E-state index contributed by atoms with van der Waals surface area (Å²) in [5.41, 5.74) is 1.40. The molecule has 206 valence electrons. The van der Waals surface area contributed by atoms with Crippen LogP contribution >= 0.6 is 39.1 Å². The van der Waals surface area contributed by atoms with Gasteiger partial charge in [0, 0.05) is 27.9 Å². The highest BCUT2D eigenvalue weighted by atomic mass is 79.9. The van der Waals surface area contributed by atoms with Gasteiger partial charge in [0.1, 0.15) is 11.8 Å².